The molecule has 0 bridgehead atoms. The number of amides is 2. The zero-order valence-electron chi connectivity index (χ0n) is 15.1. The molecular weight excluding hydrogens is 389 g/mol. The molecule has 0 saturated carbocycles. The summed E-state index contributed by atoms with van der Waals surface area (Å²) < 4.78 is 19.9. The van der Waals surface area contributed by atoms with Gasteiger partial charge in [-0.3, -0.25) is 9.69 Å². The van der Waals surface area contributed by atoms with Crippen molar-refractivity contribution in [2.24, 2.45) is 5.73 Å². The van der Waals surface area contributed by atoms with Gasteiger partial charge in [0.1, 0.15) is 18.5 Å². The van der Waals surface area contributed by atoms with Crippen molar-refractivity contribution in [3.63, 3.8) is 0 Å². The molecule has 2 aliphatic rings. The van der Waals surface area contributed by atoms with Crippen LogP contribution in [0, 0.1) is 5.82 Å². The van der Waals surface area contributed by atoms with Crippen molar-refractivity contribution in [2.45, 2.75) is 6.10 Å². The lowest BCUT2D eigenvalue weighted by Crippen LogP contribution is -2.49. The summed E-state index contributed by atoms with van der Waals surface area (Å²) in [6.45, 7) is 1.77. The van der Waals surface area contributed by atoms with Crippen LogP contribution in [-0.4, -0.2) is 79.1 Å². The van der Waals surface area contributed by atoms with E-state index >= 15 is 0 Å². The first-order chi connectivity index (χ1) is 13.4. The van der Waals surface area contributed by atoms with Crippen LogP contribution in [0.15, 0.2) is 18.2 Å². The molecule has 1 aromatic rings. The lowest BCUT2D eigenvalue weighted by molar-refractivity contribution is -0.134. The van der Waals surface area contributed by atoms with E-state index in [0.29, 0.717) is 37.6 Å². The van der Waals surface area contributed by atoms with Gasteiger partial charge >= 0.3 is 6.09 Å². The lowest BCUT2D eigenvalue weighted by Gasteiger charge is -2.36. The number of nitrogens with one attached hydrogen (secondary N) is 1. The third-order valence-corrected chi connectivity index (χ3v) is 4.87. The largest absolute Gasteiger partial charge is 0.442 e. The number of benzene rings is 1. The second kappa shape index (κ2) is 8.57. The van der Waals surface area contributed by atoms with Gasteiger partial charge in [-0.05, 0) is 30.4 Å². The average molecular weight is 411 g/mol. The molecule has 1 atom stereocenters. The number of rotatable bonds is 5. The molecule has 2 heterocycles. The monoisotopic (exact) mass is 411 g/mol. The van der Waals surface area contributed by atoms with Gasteiger partial charge in [0, 0.05) is 26.2 Å². The van der Waals surface area contributed by atoms with Gasteiger partial charge in [0.2, 0.25) is 5.91 Å². The summed E-state index contributed by atoms with van der Waals surface area (Å²) in [5.74, 6) is -0.792. The first-order valence-corrected chi connectivity index (χ1v) is 9.24. The van der Waals surface area contributed by atoms with Crippen molar-refractivity contribution in [1.29, 1.82) is 0 Å². The van der Waals surface area contributed by atoms with Gasteiger partial charge in [0.25, 0.3) is 0 Å². The van der Waals surface area contributed by atoms with Crippen molar-refractivity contribution < 1.29 is 23.8 Å². The van der Waals surface area contributed by atoms with Crippen LogP contribution < -0.4 is 20.9 Å². The molecule has 3 rings (SSSR count). The number of ether oxygens (including phenoxy) is 1. The van der Waals surface area contributed by atoms with Gasteiger partial charge < -0.3 is 30.7 Å². The van der Waals surface area contributed by atoms with E-state index in [-0.39, 0.29) is 24.1 Å². The Morgan fingerprint density at radius 3 is 2.68 bits per heavy atom. The Bertz CT molecular complexity index is 772. The molecule has 2 saturated heterocycles. The highest BCUT2D eigenvalue weighted by atomic mass is 32.1. The number of hydrogen-bond donors (Lipinski definition) is 3. The summed E-state index contributed by atoms with van der Waals surface area (Å²) in [4.78, 5) is 28.3. The molecule has 2 aliphatic heterocycles. The van der Waals surface area contributed by atoms with E-state index in [4.69, 9.17) is 27.8 Å². The molecule has 0 spiro atoms. The topological polar surface area (TPSA) is 111 Å². The third-order valence-electron chi connectivity index (χ3n) is 4.73. The molecular formula is C17H22FN5O4S. The van der Waals surface area contributed by atoms with Crippen LogP contribution in [0.25, 0.3) is 0 Å². The smallest absolute Gasteiger partial charge is 0.414 e. The van der Waals surface area contributed by atoms with Gasteiger partial charge in [-0.1, -0.05) is 0 Å². The lowest BCUT2D eigenvalue weighted by atomic mass is 10.2. The maximum atomic E-state index is 14.7. The van der Waals surface area contributed by atoms with Gasteiger partial charge in [0.15, 0.2) is 5.11 Å². The van der Waals surface area contributed by atoms with Gasteiger partial charge in [-0.25, -0.2) is 9.18 Å². The molecule has 4 N–H and O–H groups in total. The zero-order valence-corrected chi connectivity index (χ0v) is 16.0. The minimum Gasteiger partial charge on any atom is -0.442 e. The van der Waals surface area contributed by atoms with E-state index in [0.717, 1.165) is 0 Å². The Hall–Kier alpha value is -2.66. The normalized spacial score (nSPS) is 19.6. The fraction of sp³-hybridized carbons (Fsp3) is 0.471. The zero-order chi connectivity index (χ0) is 20.3. The quantitative estimate of drug-likeness (QED) is 0.563. The molecule has 2 amide bonds. The Labute approximate surface area is 166 Å². The summed E-state index contributed by atoms with van der Waals surface area (Å²) >= 11 is 4.73. The number of nitrogens with two attached hydrogens (primary N) is 1. The molecule has 0 unspecified atom stereocenters. The molecule has 1 aromatic carbocycles. The second-order valence-electron chi connectivity index (χ2n) is 6.52. The Morgan fingerprint density at radius 1 is 1.36 bits per heavy atom. The van der Waals surface area contributed by atoms with Crippen molar-refractivity contribution in [3.8, 4) is 0 Å². The highest BCUT2D eigenvalue weighted by Gasteiger charge is 2.33. The fourth-order valence-electron chi connectivity index (χ4n) is 3.27. The number of piperazine rings is 1. The first-order valence-electron chi connectivity index (χ1n) is 8.83. The van der Waals surface area contributed by atoms with Gasteiger partial charge in [-0.15, -0.1) is 0 Å². The number of carbonyl (C=O) groups is 2. The van der Waals surface area contributed by atoms with Crippen LogP contribution in [-0.2, 0) is 9.53 Å². The highest BCUT2D eigenvalue weighted by molar-refractivity contribution is 7.80. The van der Waals surface area contributed by atoms with E-state index < -0.39 is 24.6 Å². The Morgan fingerprint density at radius 2 is 2.07 bits per heavy atom. The summed E-state index contributed by atoms with van der Waals surface area (Å²) in [7, 11) is 0. The molecule has 0 radical (unpaired) electrons. The molecule has 28 heavy (non-hydrogen) atoms. The van der Waals surface area contributed by atoms with Crippen molar-refractivity contribution in [2.75, 3.05) is 55.7 Å². The van der Waals surface area contributed by atoms with Crippen molar-refractivity contribution in [3.05, 3.63) is 24.0 Å². The van der Waals surface area contributed by atoms with Crippen LogP contribution in [0.5, 0.6) is 0 Å². The molecule has 152 valence electrons. The van der Waals surface area contributed by atoms with Crippen molar-refractivity contribution in [1.82, 2.24) is 10.2 Å². The maximum Gasteiger partial charge on any atom is 0.414 e. The number of halogens is 1. The van der Waals surface area contributed by atoms with Crippen LogP contribution in [0.1, 0.15) is 0 Å². The summed E-state index contributed by atoms with van der Waals surface area (Å²) in [6.07, 6.45) is -0.994. The summed E-state index contributed by atoms with van der Waals surface area (Å²) in [5.41, 5.74) is 6.17. The standard InChI is InChI=1S/C17H22FN5O4S/c18-13-7-11(23-9-12(27-17(23)26)8-20-16(19)28)1-2-14(13)21-3-5-22(6-4-21)15(25)10-24/h1-2,7,12,24H,3-6,8-10H2,(H3,19,20,28)/t12-/m0/s1. The Kier molecular flexibility index (Phi) is 6.15. The summed E-state index contributed by atoms with van der Waals surface area (Å²) in [5, 5.41) is 11.8. The number of carbonyl (C=O) groups excluding carboxylic acids is 2. The van der Waals surface area contributed by atoms with Crippen molar-refractivity contribution >= 4 is 40.7 Å². The van der Waals surface area contributed by atoms with E-state index in [1.165, 1.54) is 11.0 Å². The Balaban J connectivity index is 1.64. The number of aliphatic hydroxyl groups is 1. The van der Waals surface area contributed by atoms with E-state index in [2.05, 4.69) is 5.32 Å². The minimum atomic E-state index is -0.557. The number of thiocarbonyl (C=S) groups is 1. The number of aliphatic hydroxyl groups excluding tert-OH is 1. The number of nitrogens with zero attached hydrogens (tertiary/aromatic N) is 3. The number of cyclic esters (lactones) is 1. The SMILES string of the molecule is NC(=S)NC[C@H]1CN(c2ccc(N3CCN(C(=O)CO)CC3)c(F)c2)C(=O)O1. The molecule has 0 aliphatic carbocycles. The predicted molar refractivity (Wildman–Crippen MR) is 105 cm³/mol. The van der Waals surface area contributed by atoms with Crippen LogP contribution in [0.3, 0.4) is 0 Å². The van der Waals surface area contributed by atoms with E-state index in [1.807, 2.05) is 4.90 Å². The van der Waals surface area contributed by atoms with E-state index in [1.54, 1.807) is 17.0 Å². The first kappa shape index (κ1) is 20.1. The molecule has 9 nitrogen and oxygen atoms in total. The second-order valence-corrected chi connectivity index (χ2v) is 6.96. The van der Waals surface area contributed by atoms with Crippen LogP contribution >= 0.6 is 12.2 Å². The molecule has 11 heteroatoms. The average Bonchev–Trinajstić information content (AvgIpc) is 3.06. The van der Waals surface area contributed by atoms with Crippen LogP contribution in [0.2, 0.25) is 0 Å². The minimum absolute atomic E-state index is 0.116. The molecule has 2 fully saturated rings. The summed E-state index contributed by atoms with van der Waals surface area (Å²) in [6, 6.07) is 4.57. The van der Waals surface area contributed by atoms with Gasteiger partial charge in [-0.2, -0.15) is 0 Å². The maximum absolute atomic E-state index is 14.7. The third kappa shape index (κ3) is 4.42. The fourth-order valence-corrected chi connectivity index (χ4v) is 3.35. The van der Waals surface area contributed by atoms with Gasteiger partial charge in [0.05, 0.1) is 24.5 Å². The van der Waals surface area contributed by atoms with E-state index in [9.17, 15) is 14.0 Å². The molecule has 0 aromatic heterocycles. The highest BCUT2D eigenvalue weighted by Crippen LogP contribution is 2.28. The predicted octanol–water partition coefficient (Wildman–Crippen LogP) is -0.375. The van der Waals surface area contributed by atoms with Crippen LogP contribution in [0.4, 0.5) is 20.6 Å². The number of hydrogen-bond acceptors (Lipinski definition) is 6. The number of anilines is 2.